The van der Waals surface area contributed by atoms with Gasteiger partial charge in [-0.3, -0.25) is 4.79 Å². The number of H-pyrrole nitrogens is 2. The Balaban J connectivity index is 2.59. The zero-order valence-electron chi connectivity index (χ0n) is 13.7. The average molecular weight is 329 g/mol. The lowest BCUT2D eigenvalue weighted by Crippen LogP contribution is -2.22. The fourth-order valence-electron chi connectivity index (χ4n) is 2.17. The highest BCUT2D eigenvalue weighted by Gasteiger charge is 2.20. The van der Waals surface area contributed by atoms with Crippen LogP contribution >= 0.6 is 0 Å². The molecule has 0 saturated heterocycles. The van der Waals surface area contributed by atoms with Gasteiger partial charge in [-0.15, -0.1) is 0 Å². The first-order valence-electron chi connectivity index (χ1n) is 7.31. The molecule has 0 spiro atoms. The van der Waals surface area contributed by atoms with Crippen molar-refractivity contribution < 1.29 is 14.6 Å². The van der Waals surface area contributed by atoms with Crippen molar-refractivity contribution in [1.29, 1.82) is 0 Å². The van der Waals surface area contributed by atoms with Crippen LogP contribution in [0.2, 0.25) is 0 Å². The molecular formula is C17H19N3O4. The van der Waals surface area contributed by atoms with Crippen molar-refractivity contribution in [1.82, 2.24) is 15.0 Å². The maximum Gasteiger partial charge on any atom is 0.341 e. The highest BCUT2D eigenvalue weighted by Crippen LogP contribution is 2.18. The second-order valence-electron chi connectivity index (χ2n) is 5.35. The number of hydrogen-bond acceptors (Lipinski definition) is 4. The molecule has 0 aromatic carbocycles. The van der Waals surface area contributed by atoms with Gasteiger partial charge in [-0.05, 0) is 32.4 Å². The Hall–Kier alpha value is -3.09. The summed E-state index contributed by atoms with van der Waals surface area (Å²) in [7, 11) is 1.43. The number of imidazole rings is 1. The number of hydrogen-bond donors (Lipinski definition) is 3. The number of carbonyl (C=O) groups is 1. The summed E-state index contributed by atoms with van der Waals surface area (Å²) in [6.07, 6.45) is 8.41. The second-order valence-corrected chi connectivity index (χ2v) is 5.35. The average Bonchev–Trinajstić information content (AvgIpc) is 3.03. The minimum atomic E-state index is -1.29. The number of allylic oxidation sites excluding steroid dienone is 2. The van der Waals surface area contributed by atoms with E-state index in [1.165, 1.54) is 13.2 Å². The van der Waals surface area contributed by atoms with Gasteiger partial charge in [-0.2, -0.15) is 0 Å². The van der Waals surface area contributed by atoms with Crippen molar-refractivity contribution in [2.45, 2.75) is 20.3 Å². The smallest absolute Gasteiger partial charge is 0.341 e. The summed E-state index contributed by atoms with van der Waals surface area (Å²) < 4.78 is 5.24. The van der Waals surface area contributed by atoms with Crippen molar-refractivity contribution in [3.63, 3.8) is 0 Å². The highest BCUT2D eigenvalue weighted by molar-refractivity contribution is 5.92. The molecule has 7 nitrogen and oxygen atoms in total. The molecule has 126 valence electrons. The summed E-state index contributed by atoms with van der Waals surface area (Å²) in [5.74, 6) is -0.502. The van der Waals surface area contributed by atoms with Crippen LogP contribution < -0.4 is 10.2 Å². The van der Waals surface area contributed by atoms with E-state index in [0.29, 0.717) is 12.2 Å². The van der Waals surface area contributed by atoms with Gasteiger partial charge >= 0.3 is 5.97 Å². The number of carboxylic acids is 1. The summed E-state index contributed by atoms with van der Waals surface area (Å²) in [6.45, 7) is 3.80. The van der Waals surface area contributed by atoms with Crippen molar-refractivity contribution in [2.24, 2.45) is 0 Å². The zero-order valence-corrected chi connectivity index (χ0v) is 13.7. The molecule has 0 aliphatic carbocycles. The number of aromatic nitrogens is 3. The number of carboxylic acid groups (broad SMARTS) is 1. The maximum absolute atomic E-state index is 12.6. The Morgan fingerprint density at radius 1 is 1.38 bits per heavy atom. The lowest BCUT2D eigenvalue weighted by molar-refractivity contribution is 0.0694. The molecule has 2 aromatic rings. The Morgan fingerprint density at radius 2 is 2.12 bits per heavy atom. The van der Waals surface area contributed by atoms with Crippen LogP contribution in [-0.2, 0) is 6.42 Å². The number of rotatable bonds is 6. The Labute approximate surface area is 138 Å². The molecule has 7 heteroatoms. The fourth-order valence-corrected chi connectivity index (χ4v) is 2.17. The van der Waals surface area contributed by atoms with Gasteiger partial charge in [0.2, 0.25) is 5.43 Å². The molecule has 0 radical (unpaired) electrons. The first kappa shape index (κ1) is 17.3. The molecule has 0 amide bonds. The molecular weight excluding hydrogens is 310 g/mol. The van der Waals surface area contributed by atoms with E-state index in [4.69, 9.17) is 4.74 Å². The van der Waals surface area contributed by atoms with Crippen LogP contribution in [0, 0.1) is 0 Å². The lowest BCUT2D eigenvalue weighted by atomic mass is 10.1. The van der Waals surface area contributed by atoms with Crippen LogP contribution in [0.15, 0.2) is 28.8 Å². The lowest BCUT2D eigenvalue weighted by Gasteiger charge is -2.10. The summed E-state index contributed by atoms with van der Waals surface area (Å²) in [6, 6.07) is 0. The van der Waals surface area contributed by atoms with Crippen LogP contribution in [0.3, 0.4) is 0 Å². The minimum absolute atomic E-state index is 0.154. The monoisotopic (exact) mass is 329 g/mol. The van der Waals surface area contributed by atoms with Crippen LogP contribution in [0.5, 0.6) is 5.88 Å². The summed E-state index contributed by atoms with van der Waals surface area (Å²) in [5.41, 5.74) is 0.577. The van der Waals surface area contributed by atoms with E-state index < -0.39 is 11.4 Å². The summed E-state index contributed by atoms with van der Waals surface area (Å²) in [4.78, 5) is 33.9. The molecule has 2 heterocycles. The predicted octanol–water partition coefficient (Wildman–Crippen LogP) is 2.48. The van der Waals surface area contributed by atoms with Crippen molar-refractivity contribution in [2.75, 3.05) is 7.11 Å². The van der Waals surface area contributed by atoms with Gasteiger partial charge in [-0.25, -0.2) is 9.78 Å². The maximum atomic E-state index is 12.6. The number of methoxy groups -OCH3 is 1. The van der Waals surface area contributed by atoms with Crippen molar-refractivity contribution in [3.05, 3.63) is 56.9 Å². The van der Waals surface area contributed by atoms with E-state index in [2.05, 4.69) is 15.0 Å². The van der Waals surface area contributed by atoms with E-state index in [1.807, 2.05) is 19.9 Å². The third-order valence-corrected chi connectivity index (χ3v) is 3.35. The van der Waals surface area contributed by atoms with Crippen LogP contribution in [0.25, 0.3) is 12.2 Å². The van der Waals surface area contributed by atoms with Gasteiger partial charge in [0.25, 0.3) is 0 Å². The third kappa shape index (κ3) is 3.81. The molecule has 3 N–H and O–H groups in total. The number of aromatic carboxylic acids is 1. The second kappa shape index (κ2) is 7.45. The van der Waals surface area contributed by atoms with Crippen LogP contribution in [0.4, 0.5) is 0 Å². The molecule has 0 saturated carbocycles. The summed E-state index contributed by atoms with van der Waals surface area (Å²) >= 11 is 0. The molecule has 0 atom stereocenters. The summed E-state index contributed by atoms with van der Waals surface area (Å²) in [5, 5.41) is 9.44. The largest absolute Gasteiger partial charge is 0.482 e. The van der Waals surface area contributed by atoms with Crippen molar-refractivity contribution in [3.8, 4) is 5.88 Å². The molecule has 0 unspecified atom stereocenters. The van der Waals surface area contributed by atoms with E-state index >= 15 is 0 Å². The number of ether oxygens (including phenoxy) is 1. The first-order chi connectivity index (χ1) is 11.4. The Kier molecular flexibility index (Phi) is 5.36. The molecule has 0 aliphatic rings. The first-order valence-corrected chi connectivity index (χ1v) is 7.31. The Morgan fingerprint density at radius 3 is 2.67 bits per heavy atom. The quantitative estimate of drug-likeness (QED) is 0.706. The normalized spacial score (nSPS) is 10.8. The number of pyridine rings is 1. The number of nitrogens with zero attached hydrogens (tertiary/aromatic N) is 1. The van der Waals surface area contributed by atoms with Gasteiger partial charge < -0.3 is 19.8 Å². The SMILES string of the molecule is COc1[nH]c(/C=C/c2ncc[nH]2)c(C(=O)O)c(=O)c1CC=C(C)C. The molecule has 0 bridgehead atoms. The van der Waals surface area contributed by atoms with Gasteiger partial charge in [0.05, 0.1) is 18.4 Å². The van der Waals surface area contributed by atoms with E-state index in [0.717, 1.165) is 5.57 Å². The van der Waals surface area contributed by atoms with E-state index in [9.17, 15) is 14.7 Å². The van der Waals surface area contributed by atoms with Gasteiger partial charge in [0.15, 0.2) is 5.88 Å². The highest BCUT2D eigenvalue weighted by atomic mass is 16.5. The molecule has 2 aromatic heterocycles. The Bertz CT molecular complexity index is 841. The minimum Gasteiger partial charge on any atom is -0.482 e. The molecule has 0 fully saturated rings. The number of nitrogens with one attached hydrogen (secondary N) is 2. The van der Waals surface area contributed by atoms with Crippen LogP contribution in [0.1, 0.15) is 41.3 Å². The topological polar surface area (TPSA) is 108 Å². The predicted molar refractivity (Wildman–Crippen MR) is 91.2 cm³/mol. The fraction of sp³-hybridized carbons (Fsp3) is 0.235. The van der Waals surface area contributed by atoms with Crippen molar-refractivity contribution >= 4 is 18.1 Å². The molecule has 24 heavy (non-hydrogen) atoms. The standard InChI is InChI=1S/C17H19N3O4/c1-10(2)4-5-11-15(21)14(17(22)23)12(20-16(11)24-3)6-7-13-18-8-9-19-13/h4,6-9H,5H2,1-3H3,(H,18,19)(H,20,21)(H,22,23)/b7-6+. The van der Waals surface area contributed by atoms with Gasteiger partial charge in [-0.1, -0.05) is 11.6 Å². The van der Waals surface area contributed by atoms with Gasteiger partial charge in [0.1, 0.15) is 11.4 Å². The van der Waals surface area contributed by atoms with E-state index in [1.54, 1.807) is 18.5 Å². The van der Waals surface area contributed by atoms with Gasteiger partial charge in [0, 0.05) is 12.4 Å². The molecule has 2 rings (SSSR count). The third-order valence-electron chi connectivity index (χ3n) is 3.35. The zero-order chi connectivity index (χ0) is 17.7. The molecule has 0 aliphatic heterocycles. The van der Waals surface area contributed by atoms with E-state index in [-0.39, 0.29) is 22.7 Å². The number of aromatic amines is 2. The van der Waals surface area contributed by atoms with Crippen LogP contribution in [-0.4, -0.2) is 33.1 Å².